The summed E-state index contributed by atoms with van der Waals surface area (Å²) >= 11 is 0. The minimum Gasteiger partial charge on any atom is -0.508 e. The molecule has 0 spiro atoms. The number of carbonyl (C=O) groups excluding carboxylic acids is 10. The number of hydrogen-bond acceptors (Lipinski definition) is 16. The predicted octanol–water partition coefficient (Wildman–Crippen LogP) is 4.07. The van der Waals surface area contributed by atoms with Crippen molar-refractivity contribution >= 4 is 59.6 Å². The van der Waals surface area contributed by atoms with Crippen molar-refractivity contribution in [3.05, 3.63) is 59.7 Å². The van der Waals surface area contributed by atoms with Gasteiger partial charge in [-0.25, -0.2) is 19.2 Å². The number of carbonyl (C=O) groups is 10. The summed E-state index contributed by atoms with van der Waals surface area (Å²) in [5.74, 6) is -4.43. The maximum atomic E-state index is 13.5. The molecule has 0 bridgehead atoms. The summed E-state index contributed by atoms with van der Waals surface area (Å²) in [5.41, 5.74) is -6.45. The maximum absolute atomic E-state index is 13.5. The van der Waals surface area contributed by atoms with E-state index in [1.165, 1.54) is 93.9 Å². The van der Waals surface area contributed by atoms with Crippen LogP contribution < -0.4 is 42.5 Å². The van der Waals surface area contributed by atoms with Gasteiger partial charge in [-0.2, -0.15) is 0 Å². The lowest BCUT2D eigenvalue weighted by molar-refractivity contribution is -0.150. The number of phenols is 2. The van der Waals surface area contributed by atoms with Crippen LogP contribution in [0.25, 0.3) is 0 Å². The van der Waals surface area contributed by atoms with Gasteiger partial charge in [0.15, 0.2) is 0 Å². The average molecular weight is 1250 g/mol. The van der Waals surface area contributed by atoms with Gasteiger partial charge in [0.25, 0.3) is 0 Å². The Balaban J connectivity index is 0.000000860. The van der Waals surface area contributed by atoms with Crippen LogP contribution >= 0.6 is 0 Å². The number of hydrogen-bond donors (Lipinski definition) is 10. The molecule has 2 saturated carbocycles. The van der Waals surface area contributed by atoms with Gasteiger partial charge >= 0.3 is 24.1 Å². The normalized spacial score (nSPS) is 15.2. The number of nitrogens with one attached hydrogen (secondary N) is 8. The standard InChI is InChI=1S/2C31H48N4O8.2H2O/c2*1-28(2,3)43-27(41)32-19-31(15-9-10-16-31)18-23(37)34-29(4,5)25(39)33-22(17-20-11-13-21(36)14-12-20)24(38)35-30(6,7)26(40)42-8;;/h2*11-14,22,36H,9-10,15-19H2,1-8H3,(H,32,41)(H,33,39)(H,34,37)(H,35,38);2*1H2/t2*22-;;/m00../s1. The first kappa shape index (κ1) is 78.3. The zero-order valence-corrected chi connectivity index (χ0v) is 54.3. The number of phenolic OH excluding ortho intramolecular Hbond substituents is 2. The van der Waals surface area contributed by atoms with Crippen molar-refractivity contribution < 1.29 is 88.1 Å². The van der Waals surface area contributed by atoms with E-state index in [4.69, 9.17) is 18.9 Å². The molecule has 26 heteroatoms. The molecule has 0 aromatic heterocycles. The Kier molecular flexibility index (Phi) is 28.9. The van der Waals surface area contributed by atoms with E-state index in [9.17, 15) is 58.2 Å². The van der Waals surface area contributed by atoms with Crippen LogP contribution in [0.15, 0.2) is 48.5 Å². The van der Waals surface area contributed by atoms with Crippen LogP contribution in [0, 0.1) is 10.8 Å². The molecule has 0 saturated heterocycles. The molecule has 2 aromatic carbocycles. The molecule has 0 unspecified atom stereocenters. The highest BCUT2D eigenvalue weighted by Gasteiger charge is 2.43. The number of esters is 2. The number of methoxy groups -OCH3 is 2. The fourth-order valence-electron chi connectivity index (χ4n) is 10.0. The van der Waals surface area contributed by atoms with E-state index >= 15 is 0 Å². The Bertz CT molecular complexity index is 2520. The van der Waals surface area contributed by atoms with Gasteiger partial charge in [0.2, 0.25) is 35.4 Å². The molecule has 14 N–H and O–H groups in total. The van der Waals surface area contributed by atoms with Crippen LogP contribution in [0.1, 0.15) is 172 Å². The number of ether oxygens (including phenoxy) is 4. The molecule has 4 rings (SSSR count). The smallest absolute Gasteiger partial charge is 0.407 e. The number of alkyl carbamates (subject to hydrolysis) is 2. The van der Waals surface area contributed by atoms with Crippen LogP contribution in [0.4, 0.5) is 9.59 Å². The van der Waals surface area contributed by atoms with Crippen molar-refractivity contribution in [2.24, 2.45) is 10.8 Å². The van der Waals surface area contributed by atoms with Crippen molar-refractivity contribution in [2.75, 3.05) is 27.3 Å². The molecule has 2 atom stereocenters. The van der Waals surface area contributed by atoms with Crippen molar-refractivity contribution in [3.8, 4) is 11.5 Å². The van der Waals surface area contributed by atoms with Gasteiger partial charge in [-0.1, -0.05) is 49.9 Å². The van der Waals surface area contributed by atoms with Gasteiger partial charge in [-0.15, -0.1) is 0 Å². The predicted molar refractivity (Wildman–Crippen MR) is 327 cm³/mol. The van der Waals surface area contributed by atoms with Crippen molar-refractivity contribution in [1.29, 1.82) is 0 Å². The lowest BCUT2D eigenvalue weighted by Gasteiger charge is -2.33. The second kappa shape index (κ2) is 32.5. The highest BCUT2D eigenvalue weighted by atomic mass is 16.6. The van der Waals surface area contributed by atoms with E-state index < -0.39 is 104 Å². The van der Waals surface area contributed by atoms with E-state index in [-0.39, 0.29) is 73.0 Å². The van der Waals surface area contributed by atoms with E-state index in [0.29, 0.717) is 11.1 Å². The first-order valence-corrected chi connectivity index (χ1v) is 29.1. The zero-order valence-electron chi connectivity index (χ0n) is 54.3. The highest BCUT2D eigenvalue weighted by molar-refractivity contribution is 5.97. The number of rotatable bonds is 24. The molecule has 2 aromatic rings. The zero-order chi connectivity index (χ0) is 65.3. The topological polar surface area (TPSA) is 407 Å². The van der Waals surface area contributed by atoms with Gasteiger partial charge in [0, 0.05) is 38.8 Å². The summed E-state index contributed by atoms with van der Waals surface area (Å²) in [7, 11) is 2.42. The van der Waals surface area contributed by atoms with Gasteiger partial charge in [0.1, 0.15) is 56.9 Å². The Hall–Kier alpha value is -7.74. The van der Waals surface area contributed by atoms with E-state index in [0.717, 1.165) is 51.4 Å². The van der Waals surface area contributed by atoms with Crippen LogP contribution in [0.2, 0.25) is 0 Å². The fraction of sp³-hybridized carbons (Fsp3) is 0.645. The Labute approximate surface area is 517 Å². The fourth-order valence-corrected chi connectivity index (χ4v) is 10.0. The third kappa shape index (κ3) is 25.9. The first-order valence-electron chi connectivity index (χ1n) is 29.1. The van der Waals surface area contributed by atoms with Gasteiger partial charge in [-0.3, -0.25) is 28.8 Å². The summed E-state index contributed by atoms with van der Waals surface area (Å²) in [4.78, 5) is 129. The maximum Gasteiger partial charge on any atom is 0.407 e. The van der Waals surface area contributed by atoms with Gasteiger partial charge in [-0.05, 0) is 169 Å². The molecule has 2 aliphatic carbocycles. The minimum atomic E-state index is -1.40. The van der Waals surface area contributed by atoms with Crippen LogP contribution in [-0.4, -0.2) is 153 Å². The Morgan fingerprint density at radius 3 is 1.00 bits per heavy atom. The van der Waals surface area contributed by atoms with Crippen molar-refractivity contribution in [1.82, 2.24) is 42.5 Å². The molecule has 0 heterocycles. The highest BCUT2D eigenvalue weighted by Crippen LogP contribution is 2.42. The van der Waals surface area contributed by atoms with Crippen molar-refractivity contribution in [3.63, 3.8) is 0 Å². The molecule has 8 amide bonds. The van der Waals surface area contributed by atoms with E-state index in [2.05, 4.69) is 42.5 Å². The molecule has 0 radical (unpaired) electrons. The third-order valence-corrected chi connectivity index (χ3v) is 14.7. The lowest BCUT2D eigenvalue weighted by atomic mass is 9.82. The summed E-state index contributed by atoms with van der Waals surface area (Å²) < 4.78 is 20.2. The van der Waals surface area contributed by atoms with Gasteiger partial charge < -0.3 is 82.6 Å². The van der Waals surface area contributed by atoms with E-state index in [1.807, 2.05) is 0 Å². The summed E-state index contributed by atoms with van der Waals surface area (Å²) in [6.45, 7) is 23.3. The molecule has 496 valence electrons. The lowest BCUT2D eigenvalue weighted by Crippen LogP contribution is -2.62. The summed E-state index contributed by atoms with van der Waals surface area (Å²) in [6.07, 6.45) is 5.87. The van der Waals surface area contributed by atoms with Gasteiger partial charge in [0.05, 0.1) is 14.2 Å². The molecule has 2 fully saturated rings. The first-order chi connectivity index (χ1) is 39.5. The van der Waals surface area contributed by atoms with Crippen LogP contribution in [0.3, 0.4) is 0 Å². The average Bonchev–Trinajstić information content (AvgIpc) is 4.18. The number of amides is 8. The second-order valence-corrected chi connectivity index (χ2v) is 26.8. The molecule has 0 aliphatic heterocycles. The summed E-state index contributed by atoms with van der Waals surface area (Å²) in [6, 6.07) is 10.1. The largest absolute Gasteiger partial charge is 0.508 e. The molecular formula is C62H100N8O18. The second-order valence-electron chi connectivity index (χ2n) is 26.8. The quantitative estimate of drug-likeness (QED) is 0.0523. The van der Waals surface area contributed by atoms with E-state index in [1.54, 1.807) is 65.8 Å². The van der Waals surface area contributed by atoms with Crippen LogP contribution in [0.5, 0.6) is 11.5 Å². The molecule has 26 nitrogen and oxygen atoms in total. The number of benzene rings is 2. The van der Waals surface area contributed by atoms with Crippen molar-refractivity contribution in [2.45, 2.75) is 219 Å². The monoisotopic (exact) mass is 1240 g/mol. The molecular weight excluding hydrogens is 1140 g/mol. The Morgan fingerprint density at radius 2 is 0.739 bits per heavy atom. The third-order valence-electron chi connectivity index (χ3n) is 14.7. The summed E-state index contributed by atoms with van der Waals surface area (Å²) in [5, 5.41) is 41.1. The number of aromatic hydroxyl groups is 2. The minimum absolute atomic E-state index is 0. The van der Waals surface area contributed by atoms with Crippen LogP contribution in [-0.2, 0) is 70.1 Å². The molecule has 2 aliphatic rings. The Morgan fingerprint density at radius 1 is 0.455 bits per heavy atom. The SMILES string of the molecule is COC(=O)C(C)(C)NC(=O)[C@H](Cc1ccc(O)cc1)NC(=O)C(C)(C)NC(=O)CC1(CNC(=O)OC(C)(C)C)CCCC1.COC(=O)C(C)(C)NC(=O)[C@H](Cc1ccc(O)cc1)NC(=O)C(C)(C)NC(=O)CC1(CNC(=O)OC(C)(C)C)CCCC1.O.O. The molecule has 88 heavy (non-hydrogen) atoms.